The lowest BCUT2D eigenvalue weighted by Crippen LogP contribution is -2.01. The molecule has 8 nitrogen and oxygen atoms in total. The van der Waals surface area contributed by atoms with Crippen molar-refractivity contribution in [1.82, 2.24) is 39.9 Å². The fourth-order valence-electron chi connectivity index (χ4n) is 9.94. The Morgan fingerprint density at radius 1 is 0.319 bits per heavy atom. The molecule has 0 aliphatic heterocycles. The van der Waals surface area contributed by atoms with E-state index in [0.717, 1.165) is 98.4 Å². The lowest BCUT2D eigenvalue weighted by Gasteiger charge is -2.16. The third-order valence-electron chi connectivity index (χ3n) is 13.1. The third-order valence-corrected chi connectivity index (χ3v) is 14.3. The van der Waals surface area contributed by atoms with Crippen LogP contribution in [0.4, 0.5) is 0 Å². The van der Waals surface area contributed by atoms with E-state index in [-0.39, 0.29) is 0 Å². The first-order chi connectivity index (χ1) is 34.2. The van der Waals surface area contributed by atoms with Crippen molar-refractivity contribution in [2.24, 2.45) is 0 Å². The molecule has 0 N–H and O–H groups in total. The molecule has 14 rings (SSSR count). The van der Waals surface area contributed by atoms with Gasteiger partial charge in [0.2, 0.25) is 0 Å². The Morgan fingerprint density at radius 2 is 0.870 bits per heavy atom. The lowest BCUT2D eigenvalue weighted by molar-refractivity contribution is 1.08. The fraction of sp³-hybridized carbons (Fsp3) is 0. The maximum atomic E-state index is 5.47. The van der Waals surface area contributed by atoms with Crippen LogP contribution in [0.25, 0.3) is 142 Å². The summed E-state index contributed by atoms with van der Waals surface area (Å²) in [5.74, 6) is 1.71. The van der Waals surface area contributed by atoms with E-state index in [1.807, 2.05) is 61.3 Å². The molecule has 0 fully saturated rings. The van der Waals surface area contributed by atoms with Gasteiger partial charge in [0.1, 0.15) is 0 Å². The largest absolute Gasteiger partial charge is 0.264 e. The van der Waals surface area contributed by atoms with Gasteiger partial charge in [-0.15, -0.1) is 11.3 Å². The Hall–Kier alpha value is -9.18. The SMILES string of the molecule is c1cncc(-c2ccc(-c3nc(-c4cc(-c5cc6cccnc6c6ncccc56)cc(-c5cc6cccnc6c6ncccc56)c4)nc(-c4cccc5c4sc4ccc6ccccc6c45)n3)cc2)c1. The molecule has 0 radical (unpaired) electrons. The highest BCUT2D eigenvalue weighted by Crippen LogP contribution is 2.44. The maximum Gasteiger partial charge on any atom is 0.165 e. The smallest absolute Gasteiger partial charge is 0.165 e. The highest BCUT2D eigenvalue weighted by Gasteiger charge is 2.21. The Labute approximate surface area is 398 Å². The van der Waals surface area contributed by atoms with Crippen molar-refractivity contribution in [3.63, 3.8) is 0 Å². The number of pyridine rings is 5. The molecule has 0 bridgehead atoms. The van der Waals surface area contributed by atoms with Crippen molar-refractivity contribution in [2.75, 3.05) is 0 Å². The van der Waals surface area contributed by atoms with Crippen LogP contribution in [-0.2, 0) is 0 Å². The first kappa shape index (κ1) is 39.0. The minimum atomic E-state index is 0.549. The van der Waals surface area contributed by atoms with Gasteiger partial charge in [0.25, 0.3) is 0 Å². The molecule has 7 aromatic heterocycles. The molecule has 0 unspecified atom stereocenters. The molecule has 320 valence electrons. The molecule has 0 spiro atoms. The van der Waals surface area contributed by atoms with Crippen molar-refractivity contribution in [3.8, 4) is 67.5 Å². The molecule has 0 atom stereocenters. The molecule has 7 aromatic carbocycles. The van der Waals surface area contributed by atoms with E-state index in [1.54, 1.807) is 17.5 Å². The number of hydrogen-bond donors (Lipinski definition) is 0. The average molecular weight is 899 g/mol. The van der Waals surface area contributed by atoms with Gasteiger partial charge in [-0.1, -0.05) is 97.1 Å². The molecule has 0 saturated carbocycles. The standard InChI is InChI=1S/C60H34N8S/c1-2-13-44-36(9-1)22-23-51-52(44)47-14-3-15-48(57(47)69-51)60-67-58(37-20-18-35(19-21-37)40-12-4-24-61-34-40)66-59(68-60)43-30-41(49-32-38-10-5-25-62-53(38)55-45(49)16-7-27-64-55)29-42(31-43)50-33-39-11-6-26-63-54(39)56-46(50)17-8-28-65-56/h1-34H. The second-order valence-corrected chi connectivity index (χ2v) is 18.2. The molecule has 14 aromatic rings. The van der Waals surface area contributed by atoms with E-state index >= 15 is 0 Å². The zero-order chi connectivity index (χ0) is 45.4. The van der Waals surface area contributed by atoms with Gasteiger partial charge in [0.05, 0.1) is 22.1 Å². The van der Waals surface area contributed by atoms with Gasteiger partial charge < -0.3 is 0 Å². The predicted octanol–water partition coefficient (Wildman–Crippen LogP) is 15.0. The summed E-state index contributed by atoms with van der Waals surface area (Å²) in [6.07, 6.45) is 11.0. The van der Waals surface area contributed by atoms with Crippen LogP contribution in [0.2, 0.25) is 0 Å². The van der Waals surface area contributed by atoms with Crippen LogP contribution in [0, 0.1) is 0 Å². The van der Waals surface area contributed by atoms with Gasteiger partial charge in [0.15, 0.2) is 17.5 Å². The Balaban J connectivity index is 1.05. The first-order valence-electron chi connectivity index (χ1n) is 22.7. The van der Waals surface area contributed by atoms with E-state index in [2.05, 4.69) is 145 Å². The molecule has 69 heavy (non-hydrogen) atoms. The number of benzene rings is 7. The highest BCUT2D eigenvalue weighted by molar-refractivity contribution is 7.26. The molecule has 9 heteroatoms. The Morgan fingerprint density at radius 3 is 1.55 bits per heavy atom. The van der Waals surface area contributed by atoms with E-state index in [0.29, 0.717) is 17.5 Å². The Kier molecular flexibility index (Phi) is 8.90. The van der Waals surface area contributed by atoms with Crippen molar-refractivity contribution < 1.29 is 0 Å². The second kappa shape index (κ2) is 15.7. The van der Waals surface area contributed by atoms with E-state index in [9.17, 15) is 0 Å². The van der Waals surface area contributed by atoms with Crippen LogP contribution in [0.1, 0.15) is 0 Å². The first-order valence-corrected chi connectivity index (χ1v) is 23.5. The number of fused-ring (bicyclic) bond motifs is 11. The van der Waals surface area contributed by atoms with Gasteiger partial charge in [-0.3, -0.25) is 24.9 Å². The predicted molar refractivity (Wildman–Crippen MR) is 282 cm³/mol. The molecule has 7 heterocycles. The number of rotatable bonds is 6. The van der Waals surface area contributed by atoms with Crippen LogP contribution in [0.5, 0.6) is 0 Å². The fourth-order valence-corrected chi connectivity index (χ4v) is 11.2. The lowest BCUT2D eigenvalue weighted by atomic mass is 9.91. The topological polar surface area (TPSA) is 103 Å². The number of thiophene rings is 1. The average Bonchev–Trinajstić information content (AvgIpc) is 3.82. The molecule has 0 amide bonds. The normalized spacial score (nSPS) is 11.8. The minimum absolute atomic E-state index is 0.549. The van der Waals surface area contributed by atoms with E-state index in [1.165, 1.54) is 26.2 Å². The number of aromatic nitrogens is 8. The molecule has 0 aliphatic rings. The summed E-state index contributed by atoms with van der Waals surface area (Å²) in [5, 5.41) is 8.85. The summed E-state index contributed by atoms with van der Waals surface area (Å²) in [7, 11) is 0. The summed E-state index contributed by atoms with van der Waals surface area (Å²) >= 11 is 1.78. The maximum absolute atomic E-state index is 5.47. The summed E-state index contributed by atoms with van der Waals surface area (Å²) < 4.78 is 2.34. The minimum Gasteiger partial charge on any atom is -0.264 e. The Bertz CT molecular complexity index is 4240. The van der Waals surface area contributed by atoms with Gasteiger partial charge in [-0.05, 0) is 117 Å². The number of hydrogen-bond acceptors (Lipinski definition) is 9. The second-order valence-electron chi connectivity index (χ2n) is 17.2. The summed E-state index contributed by atoms with van der Waals surface area (Å²) in [6.45, 7) is 0. The van der Waals surface area contributed by atoms with Gasteiger partial charge in [-0.25, -0.2) is 15.0 Å². The summed E-state index contributed by atoms with van der Waals surface area (Å²) in [5.41, 5.74) is 12.2. The van der Waals surface area contributed by atoms with Crippen LogP contribution in [0.3, 0.4) is 0 Å². The highest BCUT2D eigenvalue weighted by atomic mass is 32.1. The van der Waals surface area contributed by atoms with E-state index in [4.69, 9.17) is 34.9 Å². The van der Waals surface area contributed by atoms with Gasteiger partial charge in [0, 0.05) is 95.6 Å². The molecule has 0 aliphatic carbocycles. The summed E-state index contributed by atoms with van der Waals surface area (Å²) in [6, 6.07) is 59.4. The van der Waals surface area contributed by atoms with Crippen molar-refractivity contribution in [2.45, 2.75) is 0 Å². The zero-order valence-corrected chi connectivity index (χ0v) is 37.4. The third kappa shape index (κ3) is 6.51. The monoisotopic (exact) mass is 898 g/mol. The van der Waals surface area contributed by atoms with Crippen LogP contribution < -0.4 is 0 Å². The molecular weight excluding hydrogens is 865 g/mol. The quantitative estimate of drug-likeness (QED) is 0.152. The number of nitrogens with zero attached hydrogens (tertiary/aromatic N) is 8. The van der Waals surface area contributed by atoms with Crippen molar-refractivity contribution in [3.05, 3.63) is 207 Å². The van der Waals surface area contributed by atoms with E-state index < -0.39 is 0 Å². The van der Waals surface area contributed by atoms with Crippen molar-refractivity contribution >= 4 is 85.9 Å². The van der Waals surface area contributed by atoms with Crippen LogP contribution in [0.15, 0.2) is 207 Å². The molecule has 0 saturated heterocycles. The summed E-state index contributed by atoms with van der Waals surface area (Å²) in [4.78, 5) is 39.9. The zero-order valence-electron chi connectivity index (χ0n) is 36.6. The van der Waals surface area contributed by atoms with Gasteiger partial charge in [-0.2, -0.15) is 0 Å². The van der Waals surface area contributed by atoms with Crippen molar-refractivity contribution in [1.29, 1.82) is 0 Å². The van der Waals surface area contributed by atoms with Crippen LogP contribution >= 0.6 is 11.3 Å². The molecular formula is C60H34N8S. The van der Waals surface area contributed by atoms with Crippen LogP contribution in [-0.4, -0.2) is 39.9 Å². The van der Waals surface area contributed by atoms with Gasteiger partial charge >= 0.3 is 0 Å².